The van der Waals surface area contributed by atoms with E-state index in [4.69, 9.17) is 4.99 Å². The van der Waals surface area contributed by atoms with E-state index in [-0.39, 0.29) is 30.0 Å². The summed E-state index contributed by atoms with van der Waals surface area (Å²) in [6.45, 7) is 6.42. The first-order chi connectivity index (χ1) is 14.3. The van der Waals surface area contributed by atoms with Gasteiger partial charge in [-0.2, -0.15) is 0 Å². The molecule has 0 radical (unpaired) electrons. The SMILES string of the molecule is CCc1nncn1CCNC(=NCCc1ccccn1)NC(C)c1ccccc1.I. The number of pyridine rings is 1. The molecule has 0 aliphatic carbocycles. The maximum Gasteiger partial charge on any atom is 0.191 e. The Kier molecular flexibility index (Phi) is 10.3. The zero-order valence-corrected chi connectivity index (χ0v) is 19.9. The number of benzene rings is 1. The van der Waals surface area contributed by atoms with Gasteiger partial charge >= 0.3 is 0 Å². The molecule has 0 saturated carbocycles. The summed E-state index contributed by atoms with van der Waals surface area (Å²) >= 11 is 0. The third-order valence-corrected chi connectivity index (χ3v) is 4.67. The average molecular weight is 519 g/mol. The Morgan fingerprint density at radius 1 is 1.13 bits per heavy atom. The summed E-state index contributed by atoms with van der Waals surface area (Å²) in [6.07, 6.45) is 5.27. The van der Waals surface area contributed by atoms with Gasteiger partial charge in [-0.05, 0) is 24.6 Å². The third kappa shape index (κ3) is 7.40. The molecule has 0 bridgehead atoms. The monoisotopic (exact) mass is 519 g/mol. The van der Waals surface area contributed by atoms with Crippen molar-refractivity contribution in [1.29, 1.82) is 0 Å². The van der Waals surface area contributed by atoms with Gasteiger partial charge in [0.1, 0.15) is 12.2 Å². The van der Waals surface area contributed by atoms with Gasteiger partial charge in [0.25, 0.3) is 0 Å². The first-order valence-corrected chi connectivity index (χ1v) is 10.1. The fourth-order valence-corrected chi connectivity index (χ4v) is 3.05. The Bertz CT molecular complexity index is 881. The predicted molar refractivity (Wildman–Crippen MR) is 131 cm³/mol. The molecule has 0 aliphatic heterocycles. The maximum absolute atomic E-state index is 4.76. The Balaban J connectivity index is 0.00000320. The van der Waals surface area contributed by atoms with Crippen molar-refractivity contribution in [2.24, 2.45) is 4.99 Å². The second-order valence-electron chi connectivity index (χ2n) is 6.80. The number of aryl methyl sites for hydroxylation is 1. The smallest absolute Gasteiger partial charge is 0.191 e. The summed E-state index contributed by atoms with van der Waals surface area (Å²) in [5, 5.41) is 15.1. The molecule has 8 heteroatoms. The van der Waals surface area contributed by atoms with Gasteiger partial charge in [-0.3, -0.25) is 9.98 Å². The third-order valence-electron chi connectivity index (χ3n) is 4.67. The summed E-state index contributed by atoms with van der Waals surface area (Å²) in [6, 6.07) is 16.5. The van der Waals surface area contributed by atoms with Crippen LogP contribution in [0, 0.1) is 0 Å². The highest BCUT2D eigenvalue weighted by Gasteiger charge is 2.08. The molecular formula is C22H30IN7. The van der Waals surface area contributed by atoms with Crippen molar-refractivity contribution in [3.63, 3.8) is 0 Å². The highest BCUT2D eigenvalue weighted by molar-refractivity contribution is 14.0. The van der Waals surface area contributed by atoms with Gasteiger partial charge in [-0.15, -0.1) is 34.2 Å². The van der Waals surface area contributed by atoms with Gasteiger partial charge in [-0.1, -0.05) is 43.3 Å². The molecule has 1 aromatic carbocycles. The molecule has 0 fully saturated rings. The van der Waals surface area contributed by atoms with E-state index in [1.807, 2.05) is 30.5 Å². The minimum absolute atomic E-state index is 0. The highest BCUT2D eigenvalue weighted by atomic mass is 127. The second-order valence-corrected chi connectivity index (χ2v) is 6.80. The Morgan fingerprint density at radius 2 is 1.93 bits per heavy atom. The predicted octanol–water partition coefficient (Wildman–Crippen LogP) is 3.39. The summed E-state index contributed by atoms with van der Waals surface area (Å²) in [5.41, 5.74) is 2.27. The van der Waals surface area contributed by atoms with E-state index >= 15 is 0 Å². The van der Waals surface area contributed by atoms with Gasteiger partial charge in [0.05, 0.1) is 6.04 Å². The number of halogens is 1. The molecule has 160 valence electrons. The Hall–Kier alpha value is -2.49. The topological polar surface area (TPSA) is 80.0 Å². The van der Waals surface area contributed by atoms with Crippen LogP contribution in [0.4, 0.5) is 0 Å². The lowest BCUT2D eigenvalue weighted by molar-refractivity contribution is 0.619. The van der Waals surface area contributed by atoms with E-state index in [2.05, 4.69) is 68.5 Å². The molecule has 0 saturated heterocycles. The van der Waals surface area contributed by atoms with Crippen LogP contribution in [-0.4, -0.2) is 38.8 Å². The molecule has 0 spiro atoms. The summed E-state index contributed by atoms with van der Waals surface area (Å²) < 4.78 is 2.07. The average Bonchev–Trinajstić information content (AvgIpc) is 3.22. The van der Waals surface area contributed by atoms with Gasteiger partial charge in [0.2, 0.25) is 0 Å². The van der Waals surface area contributed by atoms with E-state index in [9.17, 15) is 0 Å². The van der Waals surface area contributed by atoms with Crippen molar-refractivity contribution in [2.75, 3.05) is 13.1 Å². The summed E-state index contributed by atoms with van der Waals surface area (Å²) in [5.74, 6) is 1.79. The highest BCUT2D eigenvalue weighted by Crippen LogP contribution is 2.10. The van der Waals surface area contributed by atoms with Crippen molar-refractivity contribution in [3.8, 4) is 0 Å². The fourth-order valence-electron chi connectivity index (χ4n) is 3.05. The van der Waals surface area contributed by atoms with Crippen molar-refractivity contribution >= 4 is 29.9 Å². The van der Waals surface area contributed by atoms with Crippen LogP contribution in [-0.2, 0) is 19.4 Å². The van der Waals surface area contributed by atoms with Crippen LogP contribution in [0.15, 0.2) is 66.0 Å². The standard InChI is InChI=1S/C22H29N7.HI/c1-3-21-28-26-17-29(21)16-15-25-22(24-14-12-20-11-7-8-13-23-20)27-18(2)19-9-5-4-6-10-19;/h4-11,13,17-18H,3,12,14-16H2,1-2H3,(H2,24,25,27);1H. The Labute approximate surface area is 195 Å². The largest absolute Gasteiger partial charge is 0.355 e. The van der Waals surface area contributed by atoms with E-state index in [1.54, 1.807) is 6.33 Å². The number of aromatic nitrogens is 4. The van der Waals surface area contributed by atoms with Gasteiger partial charge in [-0.25, -0.2) is 0 Å². The van der Waals surface area contributed by atoms with E-state index in [0.717, 1.165) is 43.4 Å². The minimum atomic E-state index is 0. The molecular weight excluding hydrogens is 489 g/mol. The number of nitrogens with one attached hydrogen (secondary N) is 2. The molecule has 1 unspecified atom stereocenters. The van der Waals surface area contributed by atoms with Crippen molar-refractivity contribution < 1.29 is 0 Å². The normalized spacial score (nSPS) is 12.1. The van der Waals surface area contributed by atoms with E-state index in [1.165, 1.54) is 5.56 Å². The quantitative estimate of drug-likeness (QED) is 0.258. The second kappa shape index (κ2) is 12.9. The first kappa shape index (κ1) is 23.8. The number of rotatable bonds is 9. The number of guanidine groups is 1. The lowest BCUT2D eigenvalue weighted by Gasteiger charge is -2.19. The summed E-state index contributed by atoms with van der Waals surface area (Å²) in [7, 11) is 0. The van der Waals surface area contributed by atoms with E-state index in [0.29, 0.717) is 6.54 Å². The molecule has 0 aliphatic rings. The molecule has 3 rings (SSSR count). The number of nitrogens with zero attached hydrogens (tertiary/aromatic N) is 5. The molecule has 2 heterocycles. The van der Waals surface area contributed by atoms with Crippen molar-refractivity contribution in [3.05, 3.63) is 78.1 Å². The number of hydrogen-bond acceptors (Lipinski definition) is 4. The van der Waals surface area contributed by atoms with Crippen LogP contribution in [0.3, 0.4) is 0 Å². The summed E-state index contributed by atoms with van der Waals surface area (Å²) in [4.78, 5) is 9.13. The molecule has 30 heavy (non-hydrogen) atoms. The molecule has 2 N–H and O–H groups in total. The van der Waals surface area contributed by atoms with Crippen LogP contribution in [0.1, 0.15) is 37.0 Å². The van der Waals surface area contributed by atoms with Crippen molar-refractivity contribution in [1.82, 2.24) is 30.4 Å². The molecule has 1 atom stereocenters. The lowest BCUT2D eigenvalue weighted by atomic mass is 10.1. The van der Waals surface area contributed by atoms with Gasteiger partial charge in [0.15, 0.2) is 5.96 Å². The number of hydrogen-bond donors (Lipinski definition) is 2. The van der Waals surface area contributed by atoms with Crippen LogP contribution < -0.4 is 10.6 Å². The zero-order valence-electron chi connectivity index (χ0n) is 17.5. The van der Waals surface area contributed by atoms with Crippen molar-refractivity contribution in [2.45, 2.75) is 39.3 Å². The van der Waals surface area contributed by atoms with Crippen LogP contribution in [0.5, 0.6) is 0 Å². The maximum atomic E-state index is 4.76. The fraction of sp³-hybridized carbons (Fsp3) is 0.364. The lowest BCUT2D eigenvalue weighted by Crippen LogP contribution is -2.40. The zero-order chi connectivity index (χ0) is 20.3. The molecule has 0 amide bonds. The molecule has 2 aromatic heterocycles. The van der Waals surface area contributed by atoms with Gasteiger partial charge < -0.3 is 15.2 Å². The minimum Gasteiger partial charge on any atom is -0.355 e. The van der Waals surface area contributed by atoms with Crippen LogP contribution in [0.2, 0.25) is 0 Å². The van der Waals surface area contributed by atoms with Gasteiger partial charge in [0, 0.05) is 44.4 Å². The van der Waals surface area contributed by atoms with E-state index < -0.39 is 0 Å². The molecule has 3 aromatic rings. The molecule has 7 nitrogen and oxygen atoms in total. The first-order valence-electron chi connectivity index (χ1n) is 10.1. The Morgan fingerprint density at radius 3 is 2.67 bits per heavy atom. The van der Waals surface area contributed by atoms with Crippen LogP contribution in [0.25, 0.3) is 0 Å². The number of aliphatic imine (C=N–C) groups is 1. The van der Waals surface area contributed by atoms with Crippen LogP contribution >= 0.6 is 24.0 Å².